The summed E-state index contributed by atoms with van der Waals surface area (Å²) < 4.78 is 14.6. The summed E-state index contributed by atoms with van der Waals surface area (Å²) in [6.07, 6.45) is 0. The van der Waals surface area contributed by atoms with Gasteiger partial charge in [-0.1, -0.05) is 46.3 Å². The third kappa shape index (κ3) is 3.06. The lowest BCUT2D eigenvalue weighted by Gasteiger charge is -2.08. The van der Waals surface area contributed by atoms with Gasteiger partial charge in [0.05, 0.1) is 0 Å². The quantitative estimate of drug-likeness (QED) is 0.599. The Morgan fingerprint density at radius 3 is 2.52 bits per heavy atom. The maximum absolute atomic E-state index is 13.8. The summed E-state index contributed by atoms with van der Waals surface area (Å²) in [6.45, 7) is 0. The molecular weight excluding hydrogens is 351 g/mol. The van der Waals surface area contributed by atoms with E-state index in [9.17, 15) is 9.50 Å². The van der Waals surface area contributed by atoms with Crippen LogP contribution in [0.15, 0.2) is 64.0 Å². The first-order valence-electron chi connectivity index (χ1n) is 6.42. The average Bonchev–Trinajstić information content (AvgIpc) is 2.48. The predicted molar refractivity (Wildman–Crippen MR) is 89.3 cm³/mol. The standard InChI is InChI=1S/C17H12BrFOS/c18-12-6-5-11(15(19)9-12)10-21-17-8-7-16(20)13-3-1-2-4-14(13)17/h1-9,20H,10H2. The van der Waals surface area contributed by atoms with E-state index in [1.807, 2.05) is 36.4 Å². The zero-order valence-electron chi connectivity index (χ0n) is 11.0. The summed E-state index contributed by atoms with van der Waals surface area (Å²) in [7, 11) is 0. The zero-order valence-corrected chi connectivity index (χ0v) is 13.4. The number of hydrogen-bond donors (Lipinski definition) is 1. The van der Waals surface area contributed by atoms with Crippen LogP contribution in [0.2, 0.25) is 0 Å². The fraction of sp³-hybridized carbons (Fsp3) is 0.0588. The van der Waals surface area contributed by atoms with Gasteiger partial charge in [-0.05, 0) is 35.2 Å². The van der Waals surface area contributed by atoms with E-state index in [0.29, 0.717) is 11.3 Å². The van der Waals surface area contributed by atoms with Gasteiger partial charge >= 0.3 is 0 Å². The van der Waals surface area contributed by atoms with Crippen LogP contribution in [0.25, 0.3) is 10.8 Å². The Morgan fingerprint density at radius 2 is 1.76 bits per heavy atom. The van der Waals surface area contributed by atoms with E-state index < -0.39 is 0 Å². The van der Waals surface area contributed by atoms with Crippen LogP contribution in [-0.2, 0) is 5.75 Å². The summed E-state index contributed by atoms with van der Waals surface area (Å²) in [5.74, 6) is 0.609. The highest BCUT2D eigenvalue weighted by Gasteiger charge is 2.08. The molecule has 0 aliphatic carbocycles. The molecule has 0 aromatic heterocycles. The van der Waals surface area contributed by atoms with Crippen molar-refractivity contribution in [3.63, 3.8) is 0 Å². The van der Waals surface area contributed by atoms with Crippen molar-refractivity contribution >= 4 is 38.5 Å². The van der Waals surface area contributed by atoms with Gasteiger partial charge in [-0.3, -0.25) is 0 Å². The minimum Gasteiger partial charge on any atom is -0.507 e. The molecule has 3 rings (SSSR count). The van der Waals surface area contributed by atoms with Crippen LogP contribution < -0.4 is 0 Å². The maximum Gasteiger partial charge on any atom is 0.128 e. The number of hydrogen-bond acceptors (Lipinski definition) is 2. The molecule has 0 saturated heterocycles. The normalized spacial score (nSPS) is 11.0. The van der Waals surface area contributed by atoms with Crippen LogP contribution in [0.3, 0.4) is 0 Å². The summed E-state index contributed by atoms with van der Waals surface area (Å²) in [5, 5.41) is 11.7. The first-order valence-corrected chi connectivity index (χ1v) is 8.20. The highest BCUT2D eigenvalue weighted by Crippen LogP contribution is 2.35. The van der Waals surface area contributed by atoms with Crippen LogP contribution in [0, 0.1) is 5.82 Å². The van der Waals surface area contributed by atoms with Crippen LogP contribution in [0.1, 0.15) is 5.56 Å². The Morgan fingerprint density at radius 1 is 1.00 bits per heavy atom. The van der Waals surface area contributed by atoms with E-state index in [2.05, 4.69) is 15.9 Å². The van der Waals surface area contributed by atoms with Crippen molar-refractivity contribution in [1.29, 1.82) is 0 Å². The topological polar surface area (TPSA) is 20.2 Å². The predicted octanol–water partition coefficient (Wildman–Crippen LogP) is 5.74. The summed E-state index contributed by atoms with van der Waals surface area (Å²) in [6, 6.07) is 16.3. The van der Waals surface area contributed by atoms with Crippen LogP contribution in [0.5, 0.6) is 5.75 Å². The number of benzene rings is 3. The van der Waals surface area contributed by atoms with Gasteiger partial charge < -0.3 is 5.11 Å². The Hall–Kier alpha value is -1.52. The highest BCUT2D eigenvalue weighted by atomic mass is 79.9. The van der Waals surface area contributed by atoms with Crippen LogP contribution >= 0.6 is 27.7 Å². The van der Waals surface area contributed by atoms with E-state index in [0.717, 1.165) is 20.1 Å². The summed E-state index contributed by atoms with van der Waals surface area (Å²) >= 11 is 4.82. The van der Waals surface area contributed by atoms with E-state index in [1.165, 1.54) is 6.07 Å². The fourth-order valence-electron chi connectivity index (χ4n) is 2.18. The molecule has 0 aliphatic heterocycles. The van der Waals surface area contributed by atoms with Crippen LogP contribution in [-0.4, -0.2) is 5.11 Å². The van der Waals surface area contributed by atoms with Crippen molar-refractivity contribution in [3.05, 3.63) is 70.5 Å². The lowest BCUT2D eigenvalue weighted by Crippen LogP contribution is -1.88. The van der Waals surface area contributed by atoms with Crippen molar-refractivity contribution in [1.82, 2.24) is 0 Å². The molecule has 0 fully saturated rings. The molecule has 0 bridgehead atoms. The average molecular weight is 363 g/mol. The zero-order chi connectivity index (χ0) is 14.8. The first-order chi connectivity index (χ1) is 10.1. The lowest BCUT2D eigenvalue weighted by atomic mass is 10.1. The molecule has 0 radical (unpaired) electrons. The molecule has 0 unspecified atom stereocenters. The van der Waals surface area contributed by atoms with Crippen molar-refractivity contribution in [2.24, 2.45) is 0 Å². The fourth-order valence-corrected chi connectivity index (χ4v) is 3.55. The van der Waals surface area contributed by atoms with E-state index in [-0.39, 0.29) is 11.6 Å². The van der Waals surface area contributed by atoms with Gasteiger partial charge in [-0.25, -0.2) is 4.39 Å². The van der Waals surface area contributed by atoms with Gasteiger partial charge in [-0.15, -0.1) is 11.8 Å². The molecule has 21 heavy (non-hydrogen) atoms. The smallest absolute Gasteiger partial charge is 0.128 e. The van der Waals surface area contributed by atoms with E-state index in [1.54, 1.807) is 23.9 Å². The number of phenolic OH excluding ortho intramolecular Hbond substituents is 1. The number of phenols is 1. The highest BCUT2D eigenvalue weighted by molar-refractivity contribution is 9.10. The van der Waals surface area contributed by atoms with Gasteiger partial charge in [-0.2, -0.15) is 0 Å². The monoisotopic (exact) mass is 362 g/mol. The van der Waals surface area contributed by atoms with Gasteiger partial charge in [0.1, 0.15) is 11.6 Å². The lowest BCUT2D eigenvalue weighted by molar-refractivity contribution is 0.481. The first kappa shape index (κ1) is 14.4. The third-order valence-corrected chi connectivity index (χ3v) is 4.87. The van der Waals surface area contributed by atoms with Gasteiger partial charge in [0, 0.05) is 20.5 Å². The molecule has 0 atom stereocenters. The van der Waals surface area contributed by atoms with Crippen molar-refractivity contribution in [2.45, 2.75) is 10.6 Å². The molecule has 0 aliphatic rings. The van der Waals surface area contributed by atoms with Crippen molar-refractivity contribution in [2.75, 3.05) is 0 Å². The molecule has 106 valence electrons. The molecular formula is C17H12BrFOS. The molecule has 3 aromatic carbocycles. The Bertz CT molecular complexity index is 804. The second kappa shape index (κ2) is 6.08. The van der Waals surface area contributed by atoms with Crippen LogP contribution in [0.4, 0.5) is 4.39 Å². The molecule has 3 aromatic rings. The largest absolute Gasteiger partial charge is 0.507 e. The molecule has 4 heteroatoms. The number of aromatic hydroxyl groups is 1. The molecule has 0 spiro atoms. The van der Waals surface area contributed by atoms with E-state index in [4.69, 9.17) is 0 Å². The van der Waals surface area contributed by atoms with Gasteiger partial charge in [0.15, 0.2) is 0 Å². The van der Waals surface area contributed by atoms with Crippen molar-refractivity contribution in [3.8, 4) is 5.75 Å². The number of rotatable bonds is 3. The molecule has 0 heterocycles. The number of thioether (sulfide) groups is 1. The Labute approximate surface area is 134 Å². The van der Waals surface area contributed by atoms with Gasteiger partial charge in [0.2, 0.25) is 0 Å². The molecule has 0 saturated carbocycles. The van der Waals surface area contributed by atoms with E-state index >= 15 is 0 Å². The molecule has 1 nitrogen and oxygen atoms in total. The second-order valence-electron chi connectivity index (χ2n) is 4.65. The Kier molecular flexibility index (Phi) is 4.17. The van der Waals surface area contributed by atoms with Gasteiger partial charge in [0.25, 0.3) is 0 Å². The summed E-state index contributed by atoms with van der Waals surface area (Å²) in [4.78, 5) is 1.03. The second-order valence-corrected chi connectivity index (χ2v) is 6.59. The Balaban J connectivity index is 1.90. The minimum absolute atomic E-state index is 0.208. The molecule has 0 amide bonds. The molecule has 1 N–H and O–H groups in total. The SMILES string of the molecule is Oc1ccc(SCc2ccc(Br)cc2F)c2ccccc12. The number of fused-ring (bicyclic) bond motifs is 1. The maximum atomic E-state index is 13.8. The number of halogens is 2. The summed E-state index contributed by atoms with van der Waals surface area (Å²) in [5.41, 5.74) is 0.667. The minimum atomic E-state index is -0.208. The third-order valence-electron chi connectivity index (χ3n) is 3.26. The van der Waals surface area contributed by atoms with Crippen molar-refractivity contribution < 1.29 is 9.50 Å².